The Hall–Kier alpha value is -4.30. The highest BCUT2D eigenvalue weighted by Crippen LogP contribution is 2.29. The van der Waals surface area contributed by atoms with E-state index in [-0.39, 0.29) is 23.6 Å². The first kappa shape index (κ1) is 30.7. The maximum absolute atomic E-state index is 12.4. The van der Waals surface area contributed by atoms with Crippen molar-refractivity contribution in [2.75, 3.05) is 23.7 Å². The lowest BCUT2D eigenvalue weighted by molar-refractivity contribution is -0.171. The maximum atomic E-state index is 12.4. The number of hydrogen-bond acceptors (Lipinski definition) is 11. The zero-order valence-corrected chi connectivity index (χ0v) is 25.0. The van der Waals surface area contributed by atoms with Gasteiger partial charge in [-0.25, -0.2) is 4.98 Å². The highest BCUT2D eigenvalue weighted by molar-refractivity contribution is 5.84. The number of amides is 1. The molecule has 1 aliphatic heterocycles. The minimum absolute atomic E-state index is 0.00190. The van der Waals surface area contributed by atoms with Gasteiger partial charge in [0.25, 0.3) is 12.2 Å². The highest BCUT2D eigenvalue weighted by atomic mass is 16.8. The van der Waals surface area contributed by atoms with Crippen LogP contribution in [-0.4, -0.2) is 90.7 Å². The molecule has 4 aromatic rings. The number of hydrogen-bond donors (Lipinski definition) is 6. The number of rotatable bonds is 11. The van der Waals surface area contributed by atoms with Crippen molar-refractivity contribution in [1.82, 2.24) is 25.0 Å². The number of carbonyl (C=O) groups is 1. The van der Waals surface area contributed by atoms with Crippen molar-refractivity contribution in [2.45, 2.75) is 75.3 Å². The predicted octanol–water partition coefficient (Wildman–Crippen LogP) is 1.80. The van der Waals surface area contributed by atoms with Crippen molar-refractivity contribution in [2.24, 2.45) is 0 Å². The number of aliphatic hydroxyl groups excluding tert-OH is 3. The molecule has 45 heavy (non-hydrogen) atoms. The minimum Gasteiger partial charge on any atom is -0.391 e. The van der Waals surface area contributed by atoms with Crippen LogP contribution in [0.5, 0.6) is 0 Å². The molecule has 3 heterocycles. The van der Waals surface area contributed by atoms with Gasteiger partial charge in [-0.15, -0.1) is 4.73 Å². The number of nitrogens with one attached hydrogen (secondary N) is 3. The van der Waals surface area contributed by atoms with Crippen molar-refractivity contribution in [3.63, 3.8) is 0 Å². The molecule has 2 aromatic heterocycles. The summed E-state index contributed by atoms with van der Waals surface area (Å²) in [6, 6.07) is 20.1. The standard InChI is InChI=1S/C32H39N7O6/c1-2-33-30(43)27-25(41)26(42)31(44-27)45-39-18-35-24-28(37-32(38-29(24)39)36-22-15-9-10-16-23(22)40)34-17-21(19-11-5-3-6-12-19)20-13-7-4-8-14-20/h3-8,11-14,18,21-23,25-27,31,40-42H,2,9-10,15-17H2,1H3,(H,33,43)(H2,34,36,37,38)/t22?,23?,25-,26+,27-,31-/m0/s1. The number of aromatic nitrogens is 4. The fraction of sp³-hybridized carbons (Fsp3) is 0.438. The summed E-state index contributed by atoms with van der Waals surface area (Å²) < 4.78 is 6.84. The van der Waals surface area contributed by atoms with Gasteiger partial charge in [0.15, 0.2) is 17.4 Å². The maximum Gasteiger partial charge on any atom is 0.254 e. The number of nitrogens with zero attached hydrogens (tertiary/aromatic N) is 4. The number of carbonyl (C=O) groups excluding carboxylic acids is 1. The van der Waals surface area contributed by atoms with Crippen LogP contribution < -0.4 is 20.8 Å². The molecular formula is C32H39N7O6. The Bertz CT molecular complexity index is 1530. The van der Waals surface area contributed by atoms with Gasteiger partial charge in [0.1, 0.15) is 18.5 Å². The fourth-order valence-electron chi connectivity index (χ4n) is 5.92. The summed E-state index contributed by atoms with van der Waals surface area (Å²) in [4.78, 5) is 32.2. The third-order valence-corrected chi connectivity index (χ3v) is 8.33. The average molecular weight is 618 g/mol. The Morgan fingerprint density at radius 1 is 1.00 bits per heavy atom. The van der Waals surface area contributed by atoms with Crippen LogP contribution in [0, 0.1) is 0 Å². The van der Waals surface area contributed by atoms with Gasteiger partial charge in [-0.3, -0.25) is 4.79 Å². The van der Waals surface area contributed by atoms with E-state index in [1.165, 1.54) is 11.1 Å². The quantitative estimate of drug-likeness (QED) is 0.145. The molecule has 0 spiro atoms. The first-order chi connectivity index (χ1) is 21.9. The second-order valence-corrected chi connectivity index (χ2v) is 11.4. The second kappa shape index (κ2) is 13.8. The van der Waals surface area contributed by atoms with Crippen LogP contribution >= 0.6 is 0 Å². The third kappa shape index (κ3) is 6.71. The van der Waals surface area contributed by atoms with Gasteiger partial charge < -0.3 is 40.8 Å². The molecule has 0 bridgehead atoms. The fourth-order valence-corrected chi connectivity index (χ4v) is 5.92. The number of aliphatic hydroxyl groups is 3. The van der Waals surface area contributed by atoms with Crippen molar-refractivity contribution >= 4 is 28.8 Å². The molecule has 1 saturated carbocycles. The predicted molar refractivity (Wildman–Crippen MR) is 166 cm³/mol. The van der Waals surface area contributed by atoms with Crippen LogP contribution in [0.15, 0.2) is 67.0 Å². The molecule has 0 radical (unpaired) electrons. The normalized spacial score (nSPS) is 24.9. The van der Waals surface area contributed by atoms with E-state index in [1.807, 2.05) is 36.4 Å². The molecule has 1 amide bonds. The molecule has 6 N–H and O–H groups in total. The van der Waals surface area contributed by atoms with Gasteiger partial charge in [0.05, 0.1) is 12.1 Å². The SMILES string of the molecule is CCNC(=O)[C@H]1O[C@@H](On2cnc3c(NCC(c4ccccc4)c4ccccc4)nc(NC4CCCCC4O)nc32)[C@H](O)[C@@H]1O. The Kier molecular flexibility index (Phi) is 9.40. The van der Waals surface area contributed by atoms with Gasteiger partial charge in [0.2, 0.25) is 11.6 Å². The summed E-state index contributed by atoms with van der Waals surface area (Å²) in [6.07, 6.45) is -1.42. The third-order valence-electron chi connectivity index (χ3n) is 8.33. The van der Waals surface area contributed by atoms with Crippen LogP contribution in [0.4, 0.5) is 11.8 Å². The van der Waals surface area contributed by atoms with Crippen LogP contribution in [0.1, 0.15) is 49.7 Å². The average Bonchev–Trinajstić information content (AvgIpc) is 3.59. The molecule has 1 saturated heterocycles. The number of fused-ring (bicyclic) bond motifs is 1. The zero-order valence-electron chi connectivity index (χ0n) is 25.0. The molecule has 2 fully saturated rings. The topological polar surface area (TPSA) is 176 Å². The monoisotopic (exact) mass is 617 g/mol. The summed E-state index contributed by atoms with van der Waals surface area (Å²) in [7, 11) is 0. The van der Waals surface area contributed by atoms with Crippen molar-refractivity contribution < 1.29 is 29.7 Å². The molecule has 13 heteroatoms. The van der Waals surface area contributed by atoms with Gasteiger partial charge in [-0.1, -0.05) is 73.5 Å². The van der Waals surface area contributed by atoms with Gasteiger partial charge in [0, 0.05) is 19.0 Å². The number of benzene rings is 2. The van der Waals surface area contributed by atoms with E-state index in [1.54, 1.807) is 6.92 Å². The van der Waals surface area contributed by atoms with E-state index >= 15 is 0 Å². The molecule has 6 atom stereocenters. The number of imidazole rings is 1. The summed E-state index contributed by atoms with van der Waals surface area (Å²) >= 11 is 0. The number of ether oxygens (including phenoxy) is 1. The number of anilines is 2. The summed E-state index contributed by atoms with van der Waals surface area (Å²) in [6.45, 7) is 2.57. The molecule has 1 aliphatic carbocycles. The Labute approximate surface area is 260 Å². The lowest BCUT2D eigenvalue weighted by Crippen LogP contribution is -2.42. The first-order valence-corrected chi connectivity index (χ1v) is 15.4. The van der Waals surface area contributed by atoms with Crippen LogP contribution in [0.25, 0.3) is 11.2 Å². The van der Waals surface area contributed by atoms with E-state index in [2.05, 4.69) is 50.2 Å². The zero-order chi connectivity index (χ0) is 31.3. The molecular weight excluding hydrogens is 578 g/mol. The molecule has 13 nitrogen and oxygen atoms in total. The summed E-state index contributed by atoms with van der Waals surface area (Å²) in [5.74, 6) is 0.163. The van der Waals surface area contributed by atoms with E-state index in [4.69, 9.17) is 14.6 Å². The Morgan fingerprint density at radius 2 is 1.69 bits per heavy atom. The summed E-state index contributed by atoms with van der Waals surface area (Å²) in [5, 5.41) is 41.1. The lowest BCUT2D eigenvalue weighted by Gasteiger charge is -2.28. The smallest absolute Gasteiger partial charge is 0.254 e. The van der Waals surface area contributed by atoms with E-state index in [0.29, 0.717) is 30.8 Å². The van der Waals surface area contributed by atoms with Crippen molar-refractivity contribution in [3.8, 4) is 0 Å². The van der Waals surface area contributed by atoms with Crippen LogP contribution in [-0.2, 0) is 9.53 Å². The van der Waals surface area contributed by atoms with Crippen molar-refractivity contribution in [3.05, 3.63) is 78.1 Å². The van der Waals surface area contributed by atoms with Crippen molar-refractivity contribution in [1.29, 1.82) is 0 Å². The first-order valence-electron chi connectivity index (χ1n) is 15.4. The Morgan fingerprint density at radius 3 is 2.36 bits per heavy atom. The van der Waals surface area contributed by atoms with Gasteiger partial charge in [-0.2, -0.15) is 9.97 Å². The van der Waals surface area contributed by atoms with E-state index < -0.39 is 36.6 Å². The minimum atomic E-state index is -1.50. The molecule has 6 rings (SSSR count). The largest absolute Gasteiger partial charge is 0.391 e. The van der Waals surface area contributed by atoms with Gasteiger partial charge in [-0.05, 0) is 30.9 Å². The highest BCUT2D eigenvalue weighted by Gasteiger charge is 2.48. The number of likely N-dealkylation sites (N-methyl/N-ethyl adjacent to an activating group) is 1. The van der Waals surface area contributed by atoms with Crippen LogP contribution in [0.3, 0.4) is 0 Å². The molecule has 2 aromatic carbocycles. The molecule has 238 valence electrons. The molecule has 2 unspecified atom stereocenters. The van der Waals surface area contributed by atoms with E-state index in [9.17, 15) is 20.1 Å². The Balaban J connectivity index is 1.31. The second-order valence-electron chi connectivity index (χ2n) is 11.4. The van der Waals surface area contributed by atoms with E-state index in [0.717, 1.165) is 30.4 Å². The van der Waals surface area contributed by atoms with Crippen LogP contribution in [0.2, 0.25) is 0 Å². The van der Waals surface area contributed by atoms with Gasteiger partial charge >= 0.3 is 0 Å². The lowest BCUT2D eigenvalue weighted by atomic mass is 9.91. The molecule has 2 aliphatic rings. The summed E-state index contributed by atoms with van der Waals surface area (Å²) in [5.41, 5.74) is 2.93.